The first-order valence-electron chi connectivity index (χ1n) is 10.1. The molecule has 0 unspecified atom stereocenters. The van der Waals surface area contributed by atoms with Crippen molar-refractivity contribution < 1.29 is 20.1 Å². The quantitative estimate of drug-likeness (QED) is 0.517. The molecule has 4 fully saturated rings. The molecule has 2 N–H and O–H groups in total. The number of nitrogens with zero attached hydrogens (tertiary/aromatic N) is 6. The van der Waals surface area contributed by atoms with Crippen LogP contribution in [0.1, 0.15) is 0 Å². The largest absolute Gasteiger partial charge is 0.508 e. The van der Waals surface area contributed by atoms with Crippen molar-refractivity contribution >= 4 is 11.4 Å². The minimum absolute atomic E-state index is 0.0887. The van der Waals surface area contributed by atoms with E-state index in [0.717, 1.165) is 12.1 Å². The molecule has 0 aromatic heterocycles. The monoisotopic (exact) mass is 446 g/mol. The predicted octanol–water partition coefficient (Wildman–Crippen LogP) is 1.67. The molecule has 4 aliphatic heterocycles. The third kappa shape index (κ3) is 6.85. The predicted molar refractivity (Wildman–Crippen MR) is 116 cm³/mol. The van der Waals surface area contributed by atoms with Crippen LogP contribution in [0.3, 0.4) is 0 Å². The zero-order valence-corrected chi connectivity index (χ0v) is 17.5. The third-order valence-corrected chi connectivity index (χ3v) is 5.15. The van der Waals surface area contributed by atoms with Crippen LogP contribution in [-0.4, -0.2) is 92.5 Å². The molecule has 32 heavy (non-hydrogen) atoms. The molecular weight excluding hydrogens is 420 g/mol. The van der Waals surface area contributed by atoms with Crippen LogP contribution in [-0.2, 0) is 0 Å². The number of phenols is 2. The van der Waals surface area contributed by atoms with Crippen molar-refractivity contribution in [2.75, 3.05) is 52.9 Å². The highest BCUT2D eigenvalue weighted by Crippen LogP contribution is 2.18. The lowest BCUT2D eigenvalue weighted by molar-refractivity contribution is -0.385. The fourth-order valence-corrected chi connectivity index (χ4v) is 3.65. The first-order chi connectivity index (χ1) is 15.3. The lowest BCUT2D eigenvalue weighted by atomic mass is 10.3. The molecule has 0 amide bonds. The van der Waals surface area contributed by atoms with Gasteiger partial charge in [-0.3, -0.25) is 39.8 Å². The van der Waals surface area contributed by atoms with Gasteiger partial charge in [0.25, 0.3) is 11.4 Å². The molecule has 4 heterocycles. The van der Waals surface area contributed by atoms with Gasteiger partial charge in [-0.2, -0.15) is 0 Å². The van der Waals surface area contributed by atoms with Gasteiger partial charge in [0, 0.05) is 38.3 Å². The minimum atomic E-state index is -0.556. The molecule has 12 heteroatoms. The van der Waals surface area contributed by atoms with Crippen LogP contribution in [0, 0.1) is 20.2 Å². The van der Waals surface area contributed by atoms with E-state index in [0.29, 0.717) is 0 Å². The van der Waals surface area contributed by atoms with Crippen molar-refractivity contribution in [2.45, 2.75) is 0 Å². The lowest BCUT2D eigenvalue weighted by Crippen LogP contribution is -2.43. The molecule has 2 aromatic rings. The summed E-state index contributed by atoms with van der Waals surface area (Å²) >= 11 is 0. The number of rotatable bonds is 2. The van der Waals surface area contributed by atoms with Crippen LogP contribution in [0.25, 0.3) is 0 Å². The number of non-ortho nitro benzene ring substituents is 2. The number of fused-ring (bicyclic) bond motifs is 2. The maximum Gasteiger partial charge on any atom is 0.273 e. The topological polar surface area (TPSA) is 140 Å². The second-order valence-electron chi connectivity index (χ2n) is 7.70. The van der Waals surface area contributed by atoms with Gasteiger partial charge in [-0.15, -0.1) is 0 Å². The summed E-state index contributed by atoms with van der Waals surface area (Å²) in [4.78, 5) is 29.2. The standard InChI is InChI=1S/C8H16N4.2C6H5NO3/c1-2-10-7-11-3-4-12(8-10)6-9(1)5-11;2*8-6-3-1-2-5(4-6)7(9)10/h1-8H2;2*1-4,8H. The number of hydrogen-bond acceptors (Lipinski definition) is 10. The molecular formula is C20H26N6O6. The maximum absolute atomic E-state index is 10.0. The van der Waals surface area contributed by atoms with E-state index >= 15 is 0 Å². The first kappa shape index (κ1) is 23.3. The van der Waals surface area contributed by atoms with Crippen LogP contribution in [0.4, 0.5) is 11.4 Å². The van der Waals surface area contributed by atoms with E-state index < -0.39 is 9.85 Å². The van der Waals surface area contributed by atoms with E-state index in [1.165, 1.54) is 89.3 Å². The molecule has 6 rings (SSSR count). The smallest absolute Gasteiger partial charge is 0.273 e. The molecule has 0 atom stereocenters. The molecule has 12 nitrogen and oxygen atoms in total. The SMILES string of the molecule is C1CN2CN3CCN(CN1C3)C2.O=[N+]([O-])c1cccc(O)c1.O=[N+]([O-])c1cccc(O)c1. The summed E-state index contributed by atoms with van der Waals surface area (Å²) in [5.41, 5.74) is -0.194. The zero-order chi connectivity index (χ0) is 23.1. The van der Waals surface area contributed by atoms with Crippen LogP contribution < -0.4 is 0 Å². The van der Waals surface area contributed by atoms with Crippen LogP contribution >= 0.6 is 0 Å². The van der Waals surface area contributed by atoms with E-state index in [9.17, 15) is 20.2 Å². The number of benzene rings is 2. The van der Waals surface area contributed by atoms with Gasteiger partial charge in [-0.1, -0.05) is 12.1 Å². The maximum atomic E-state index is 10.0. The molecule has 0 radical (unpaired) electrons. The zero-order valence-electron chi connectivity index (χ0n) is 17.5. The molecule has 0 aliphatic carbocycles. The number of phenolic OH excluding ortho intramolecular Hbond substituents is 2. The Morgan fingerprint density at radius 2 is 0.938 bits per heavy atom. The van der Waals surface area contributed by atoms with Crippen molar-refractivity contribution in [3.63, 3.8) is 0 Å². The highest BCUT2D eigenvalue weighted by Gasteiger charge is 2.30. The Balaban J connectivity index is 0.000000137. The highest BCUT2D eigenvalue weighted by molar-refractivity contribution is 5.37. The number of aromatic hydroxyl groups is 2. The molecule has 4 aliphatic rings. The Bertz CT molecular complexity index is 841. The molecule has 2 aromatic carbocycles. The third-order valence-electron chi connectivity index (χ3n) is 5.15. The van der Waals surface area contributed by atoms with E-state index in [2.05, 4.69) is 19.6 Å². The first-order valence-corrected chi connectivity index (χ1v) is 10.1. The summed E-state index contributed by atoms with van der Waals surface area (Å²) in [6, 6.07) is 10.4. The van der Waals surface area contributed by atoms with E-state index in [-0.39, 0.29) is 22.9 Å². The fourth-order valence-electron chi connectivity index (χ4n) is 3.65. The average molecular weight is 446 g/mol. The number of nitro groups is 2. The molecule has 0 spiro atoms. The Kier molecular flexibility index (Phi) is 7.89. The van der Waals surface area contributed by atoms with Gasteiger partial charge < -0.3 is 10.2 Å². The Morgan fingerprint density at radius 1 is 0.625 bits per heavy atom. The van der Waals surface area contributed by atoms with E-state index in [1.54, 1.807) is 0 Å². The van der Waals surface area contributed by atoms with E-state index in [1.807, 2.05) is 0 Å². The Labute approximate surface area is 184 Å². The number of hydrogen-bond donors (Lipinski definition) is 2. The highest BCUT2D eigenvalue weighted by atomic mass is 16.6. The van der Waals surface area contributed by atoms with Gasteiger partial charge in [0.1, 0.15) is 11.5 Å². The molecule has 0 saturated carbocycles. The normalized spacial score (nSPS) is 25.2. The second kappa shape index (κ2) is 10.8. The summed E-state index contributed by atoms with van der Waals surface area (Å²) in [5.74, 6) is -0.177. The summed E-state index contributed by atoms with van der Waals surface area (Å²) in [5, 5.41) is 37.6. The van der Waals surface area contributed by atoms with Crippen molar-refractivity contribution in [3.8, 4) is 11.5 Å². The van der Waals surface area contributed by atoms with Gasteiger partial charge in [0.2, 0.25) is 0 Å². The van der Waals surface area contributed by atoms with Crippen LogP contribution in [0.15, 0.2) is 48.5 Å². The van der Waals surface area contributed by atoms with Gasteiger partial charge in [-0.25, -0.2) is 0 Å². The average Bonchev–Trinajstić information content (AvgIpc) is 3.22. The fraction of sp³-hybridized carbons (Fsp3) is 0.400. The Morgan fingerprint density at radius 3 is 1.16 bits per heavy atom. The van der Waals surface area contributed by atoms with Gasteiger partial charge in [-0.05, 0) is 12.1 Å². The summed E-state index contributed by atoms with van der Waals surface area (Å²) in [6.07, 6.45) is 0. The summed E-state index contributed by atoms with van der Waals surface area (Å²) in [6.45, 7) is 9.78. The van der Waals surface area contributed by atoms with Crippen LogP contribution in [0.2, 0.25) is 0 Å². The Hall–Kier alpha value is -3.32. The summed E-state index contributed by atoms with van der Waals surface area (Å²) in [7, 11) is 0. The molecule has 4 saturated heterocycles. The molecule has 4 bridgehead atoms. The van der Waals surface area contributed by atoms with Crippen LogP contribution in [0.5, 0.6) is 11.5 Å². The second-order valence-corrected chi connectivity index (χ2v) is 7.70. The summed E-state index contributed by atoms with van der Waals surface area (Å²) < 4.78 is 0. The van der Waals surface area contributed by atoms with E-state index in [4.69, 9.17) is 10.2 Å². The minimum Gasteiger partial charge on any atom is -0.508 e. The van der Waals surface area contributed by atoms with Crippen molar-refractivity contribution in [2.24, 2.45) is 0 Å². The van der Waals surface area contributed by atoms with Crippen molar-refractivity contribution in [1.82, 2.24) is 19.6 Å². The van der Waals surface area contributed by atoms with Crippen molar-refractivity contribution in [1.29, 1.82) is 0 Å². The van der Waals surface area contributed by atoms with Gasteiger partial charge in [0.15, 0.2) is 0 Å². The number of nitro benzene ring substituents is 2. The van der Waals surface area contributed by atoms with Crippen molar-refractivity contribution in [3.05, 3.63) is 68.8 Å². The molecule has 172 valence electrons. The lowest BCUT2D eigenvalue weighted by Gasteiger charge is -2.29. The van der Waals surface area contributed by atoms with Gasteiger partial charge in [0.05, 0.1) is 48.7 Å². The van der Waals surface area contributed by atoms with Gasteiger partial charge >= 0.3 is 0 Å².